The summed E-state index contributed by atoms with van der Waals surface area (Å²) in [6.07, 6.45) is 2.05. The average molecular weight is 347 g/mol. The van der Waals surface area contributed by atoms with Crippen molar-refractivity contribution < 1.29 is 14.3 Å². The van der Waals surface area contributed by atoms with Crippen LogP contribution in [0.3, 0.4) is 0 Å². The Labute approximate surface area is 145 Å². The third-order valence-electron chi connectivity index (χ3n) is 3.28. The average Bonchev–Trinajstić information content (AvgIpc) is 2.61. The number of hydrazine groups is 1. The number of halogens is 1. The van der Waals surface area contributed by atoms with Gasteiger partial charge in [-0.1, -0.05) is 24.9 Å². The second-order valence-electron chi connectivity index (χ2n) is 5.14. The van der Waals surface area contributed by atoms with Crippen molar-refractivity contribution in [1.29, 1.82) is 0 Å². The zero-order chi connectivity index (χ0) is 17.4. The number of ether oxygens (including phenoxy) is 1. The molecule has 2 N–H and O–H groups in total. The van der Waals surface area contributed by atoms with Crippen molar-refractivity contribution in [2.24, 2.45) is 0 Å². The second kappa shape index (κ2) is 8.93. The monoisotopic (exact) mass is 346 g/mol. The van der Waals surface area contributed by atoms with Gasteiger partial charge in [-0.3, -0.25) is 20.4 Å². The molecule has 0 aliphatic rings. The van der Waals surface area contributed by atoms with Gasteiger partial charge in [-0.2, -0.15) is 0 Å². The fourth-order valence-corrected chi connectivity index (χ4v) is 2.02. The van der Waals surface area contributed by atoms with Crippen LogP contribution in [0, 0.1) is 0 Å². The Morgan fingerprint density at radius 1 is 0.917 bits per heavy atom. The van der Waals surface area contributed by atoms with Crippen LogP contribution in [0.15, 0.2) is 48.5 Å². The number of carbonyl (C=O) groups excluding carboxylic acids is 2. The Morgan fingerprint density at radius 3 is 1.92 bits per heavy atom. The van der Waals surface area contributed by atoms with E-state index in [2.05, 4.69) is 17.8 Å². The Kier molecular flexibility index (Phi) is 6.63. The molecule has 2 amide bonds. The summed E-state index contributed by atoms with van der Waals surface area (Å²) in [6, 6.07) is 13.1. The van der Waals surface area contributed by atoms with Gasteiger partial charge in [0.2, 0.25) is 0 Å². The minimum Gasteiger partial charge on any atom is -0.494 e. The lowest BCUT2D eigenvalue weighted by Crippen LogP contribution is -2.41. The number of hydrogen-bond donors (Lipinski definition) is 2. The molecule has 6 heteroatoms. The zero-order valence-corrected chi connectivity index (χ0v) is 14.1. The van der Waals surface area contributed by atoms with E-state index in [-0.39, 0.29) is 0 Å². The molecule has 0 aromatic heterocycles. The molecule has 0 aliphatic carbocycles. The summed E-state index contributed by atoms with van der Waals surface area (Å²) >= 11 is 5.76. The molecule has 0 aliphatic heterocycles. The van der Waals surface area contributed by atoms with E-state index >= 15 is 0 Å². The molecule has 2 rings (SSSR count). The van der Waals surface area contributed by atoms with Gasteiger partial charge in [0, 0.05) is 16.1 Å². The molecule has 24 heavy (non-hydrogen) atoms. The van der Waals surface area contributed by atoms with Crippen LogP contribution in [0.25, 0.3) is 0 Å². The molecule has 0 fully saturated rings. The van der Waals surface area contributed by atoms with Crippen LogP contribution in [-0.2, 0) is 0 Å². The number of hydrogen-bond acceptors (Lipinski definition) is 3. The van der Waals surface area contributed by atoms with E-state index < -0.39 is 11.8 Å². The van der Waals surface area contributed by atoms with E-state index in [1.54, 1.807) is 48.5 Å². The highest BCUT2D eigenvalue weighted by molar-refractivity contribution is 6.30. The molecule has 2 aromatic carbocycles. The molecule has 0 saturated carbocycles. The molecular formula is C18H19ClN2O3. The molecule has 2 aromatic rings. The van der Waals surface area contributed by atoms with Crippen molar-refractivity contribution in [2.75, 3.05) is 6.61 Å². The topological polar surface area (TPSA) is 67.4 Å². The number of unbranched alkanes of at least 4 members (excludes halogenated alkanes) is 1. The van der Waals surface area contributed by atoms with E-state index in [1.165, 1.54) is 0 Å². The Morgan fingerprint density at radius 2 is 1.42 bits per heavy atom. The maximum atomic E-state index is 12.0. The third kappa shape index (κ3) is 5.28. The van der Waals surface area contributed by atoms with Gasteiger partial charge >= 0.3 is 0 Å². The van der Waals surface area contributed by atoms with Crippen molar-refractivity contribution in [3.8, 4) is 5.75 Å². The van der Waals surface area contributed by atoms with E-state index in [4.69, 9.17) is 16.3 Å². The second-order valence-corrected chi connectivity index (χ2v) is 5.58. The number of benzene rings is 2. The first kappa shape index (κ1) is 17.8. The van der Waals surface area contributed by atoms with Crippen LogP contribution in [0.5, 0.6) is 5.75 Å². The maximum Gasteiger partial charge on any atom is 0.269 e. The van der Waals surface area contributed by atoms with Gasteiger partial charge in [-0.05, 0) is 55.0 Å². The van der Waals surface area contributed by atoms with E-state index in [9.17, 15) is 9.59 Å². The summed E-state index contributed by atoms with van der Waals surface area (Å²) in [6.45, 7) is 2.74. The first-order valence-electron chi connectivity index (χ1n) is 7.69. The van der Waals surface area contributed by atoms with Gasteiger partial charge < -0.3 is 4.74 Å². The first-order chi connectivity index (χ1) is 11.6. The smallest absolute Gasteiger partial charge is 0.269 e. The normalized spacial score (nSPS) is 10.1. The van der Waals surface area contributed by atoms with Crippen LogP contribution in [0.4, 0.5) is 0 Å². The van der Waals surface area contributed by atoms with E-state index in [0.29, 0.717) is 28.5 Å². The van der Waals surface area contributed by atoms with E-state index in [0.717, 1.165) is 12.8 Å². The van der Waals surface area contributed by atoms with Gasteiger partial charge in [-0.25, -0.2) is 0 Å². The lowest BCUT2D eigenvalue weighted by atomic mass is 10.2. The van der Waals surface area contributed by atoms with Gasteiger partial charge in [0.25, 0.3) is 11.8 Å². The quantitative estimate of drug-likeness (QED) is 0.620. The highest BCUT2D eigenvalue weighted by Gasteiger charge is 2.09. The van der Waals surface area contributed by atoms with Crippen LogP contribution in [0.1, 0.15) is 40.5 Å². The minimum absolute atomic E-state index is 0.402. The standard InChI is InChI=1S/C18H19ClN2O3/c1-2-3-12-24-16-10-6-14(7-11-16)18(23)21-20-17(22)13-4-8-15(19)9-5-13/h4-11H,2-3,12H2,1H3,(H,20,22)(H,21,23). The predicted octanol–water partition coefficient (Wildman–Crippen LogP) is 3.59. The van der Waals surface area contributed by atoms with Crippen molar-refractivity contribution in [3.63, 3.8) is 0 Å². The summed E-state index contributed by atoms with van der Waals surface area (Å²) < 4.78 is 5.53. The third-order valence-corrected chi connectivity index (χ3v) is 3.53. The van der Waals surface area contributed by atoms with Gasteiger partial charge in [0.05, 0.1) is 6.61 Å². The van der Waals surface area contributed by atoms with Gasteiger partial charge in [0.1, 0.15) is 5.75 Å². The number of carbonyl (C=O) groups is 2. The molecule has 0 radical (unpaired) electrons. The SMILES string of the molecule is CCCCOc1ccc(C(=O)NNC(=O)c2ccc(Cl)cc2)cc1. The summed E-state index contributed by atoms with van der Waals surface area (Å²) in [4.78, 5) is 23.9. The Bertz CT molecular complexity index is 684. The zero-order valence-electron chi connectivity index (χ0n) is 13.3. The number of nitrogens with one attached hydrogen (secondary N) is 2. The molecule has 0 atom stereocenters. The van der Waals surface area contributed by atoms with Crippen molar-refractivity contribution in [1.82, 2.24) is 10.9 Å². The Balaban J connectivity index is 1.85. The molecule has 0 heterocycles. The van der Waals surface area contributed by atoms with E-state index in [1.807, 2.05) is 0 Å². The fourth-order valence-electron chi connectivity index (χ4n) is 1.90. The molecule has 0 bridgehead atoms. The lowest BCUT2D eigenvalue weighted by Gasteiger charge is -2.09. The van der Waals surface area contributed by atoms with Crippen LogP contribution < -0.4 is 15.6 Å². The summed E-state index contributed by atoms with van der Waals surface area (Å²) in [5, 5.41) is 0.539. The highest BCUT2D eigenvalue weighted by atomic mass is 35.5. The number of amides is 2. The molecule has 0 spiro atoms. The highest BCUT2D eigenvalue weighted by Crippen LogP contribution is 2.13. The van der Waals surface area contributed by atoms with Gasteiger partial charge in [-0.15, -0.1) is 0 Å². The van der Waals surface area contributed by atoms with Crippen molar-refractivity contribution in [2.45, 2.75) is 19.8 Å². The largest absolute Gasteiger partial charge is 0.494 e. The summed E-state index contributed by atoms with van der Waals surface area (Å²) in [7, 11) is 0. The molecular weight excluding hydrogens is 328 g/mol. The fraction of sp³-hybridized carbons (Fsp3) is 0.222. The van der Waals surface area contributed by atoms with Crippen molar-refractivity contribution >= 4 is 23.4 Å². The minimum atomic E-state index is -0.417. The molecule has 126 valence electrons. The van der Waals surface area contributed by atoms with Crippen LogP contribution in [-0.4, -0.2) is 18.4 Å². The summed E-state index contributed by atoms with van der Waals surface area (Å²) in [5.41, 5.74) is 5.56. The van der Waals surface area contributed by atoms with Crippen LogP contribution >= 0.6 is 11.6 Å². The molecule has 5 nitrogen and oxygen atoms in total. The van der Waals surface area contributed by atoms with Crippen molar-refractivity contribution in [3.05, 3.63) is 64.7 Å². The number of rotatable bonds is 6. The van der Waals surface area contributed by atoms with Crippen LogP contribution in [0.2, 0.25) is 5.02 Å². The first-order valence-corrected chi connectivity index (χ1v) is 8.07. The van der Waals surface area contributed by atoms with Gasteiger partial charge in [0.15, 0.2) is 0 Å². The maximum absolute atomic E-state index is 12.0. The summed E-state index contributed by atoms with van der Waals surface area (Å²) in [5.74, 6) is -0.109. The lowest BCUT2D eigenvalue weighted by molar-refractivity contribution is 0.0846. The molecule has 0 saturated heterocycles. The predicted molar refractivity (Wildman–Crippen MR) is 93.2 cm³/mol. The molecule has 0 unspecified atom stereocenters. The Hall–Kier alpha value is -2.53.